The van der Waals surface area contributed by atoms with E-state index in [1.165, 1.54) is 18.9 Å². The molecule has 0 aliphatic carbocycles. The summed E-state index contributed by atoms with van der Waals surface area (Å²) in [5, 5.41) is 3.04. The lowest BCUT2D eigenvalue weighted by Crippen LogP contribution is -2.38. The van der Waals surface area contributed by atoms with Gasteiger partial charge in [0.05, 0.1) is 12.9 Å². The first-order chi connectivity index (χ1) is 10.7. The second-order valence-electron chi connectivity index (χ2n) is 4.91. The fourth-order valence-electron chi connectivity index (χ4n) is 2.61. The van der Waals surface area contributed by atoms with E-state index in [-0.39, 0.29) is 17.6 Å². The van der Waals surface area contributed by atoms with Crippen molar-refractivity contribution in [3.05, 3.63) is 71.3 Å². The normalized spacial score (nSPS) is 19.4. The van der Waals surface area contributed by atoms with Crippen LogP contribution in [0, 0.1) is 0 Å². The van der Waals surface area contributed by atoms with E-state index in [4.69, 9.17) is 4.74 Å². The third-order valence-electron chi connectivity index (χ3n) is 3.66. The molecule has 1 aliphatic rings. The highest BCUT2D eigenvalue weighted by Crippen LogP contribution is 2.45. The van der Waals surface area contributed by atoms with Crippen molar-refractivity contribution in [3.63, 3.8) is 0 Å². The van der Waals surface area contributed by atoms with Crippen molar-refractivity contribution in [2.24, 2.45) is 0 Å². The molecule has 1 heterocycles. The van der Waals surface area contributed by atoms with E-state index in [1.54, 1.807) is 6.07 Å². The topological polar surface area (TPSA) is 55.4 Å². The summed E-state index contributed by atoms with van der Waals surface area (Å²) in [5.74, 6) is -0.296. The number of fused-ring (bicyclic) bond motifs is 1. The SMILES string of the molecule is COC(=O)CS[C@]1(c2ccccc2)NC(=O)c2ccccc21. The quantitative estimate of drug-likeness (QED) is 0.881. The number of carbonyl (C=O) groups is 2. The smallest absolute Gasteiger partial charge is 0.315 e. The molecule has 0 spiro atoms. The molecular formula is C17H15NO3S. The molecule has 0 fully saturated rings. The number of nitrogens with one attached hydrogen (secondary N) is 1. The van der Waals surface area contributed by atoms with Gasteiger partial charge in [0.1, 0.15) is 4.87 Å². The van der Waals surface area contributed by atoms with Crippen LogP contribution in [0.3, 0.4) is 0 Å². The van der Waals surface area contributed by atoms with Crippen molar-refractivity contribution in [3.8, 4) is 0 Å². The molecule has 0 bridgehead atoms. The van der Waals surface area contributed by atoms with Gasteiger partial charge < -0.3 is 10.1 Å². The summed E-state index contributed by atoms with van der Waals surface area (Å²) in [6.45, 7) is 0. The minimum Gasteiger partial charge on any atom is -0.468 e. The highest BCUT2D eigenvalue weighted by Gasteiger charge is 2.45. The number of benzene rings is 2. The van der Waals surface area contributed by atoms with Crippen molar-refractivity contribution in [2.75, 3.05) is 12.9 Å². The zero-order valence-corrected chi connectivity index (χ0v) is 12.9. The zero-order valence-electron chi connectivity index (χ0n) is 12.0. The average Bonchev–Trinajstić information content (AvgIpc) is 2.87. The molecule has 1 N–H and O–H groups in total. The molecular weight excluding hydrogens is 298 g/mol. The molecule has 1 amide bonds. The second-order valence-corrected chi connectivity index (χ2v) is 6.10. The lowest BCUT2D eigenvalue weighted by Gasteiger charge is -2.30. The van der Waals surface area contributed by atoms with Gasteiger partial charge in [0, 0.05) is 11.1 Å². The van der Waals surface area contributed by atoms with Crippen LogP contribution in [0.15, 0.2) is 54.6 Å². The minimum atomic E-state index is -0.761. The number of hydrogen-bond donors (Lipinski definition) is 1. The van der Waals surface area contributed by atoms with Gasteiger partial charge in [-0.15, -0.1) is 11.8 Å². The number of esters is 1. The number of thioether (sulfide) groups is 1. The molecule has 0 unspecified atom stereocenters. The highest BCUT2D eigenvalue weighted by atomic mass is 32.2. The van der Waals surface area contributed by atoms with E-state index in [0.29, 0.717) is 5.56 Å². The first-order valence-electron chi connectivity index (χ1n) is 6.86. The third kappa shape index (κ3) is 2.37. The number of ether oxygens (including phenoxy) is 1. The molecule has 2 aromatic carbocycles. The summed E-state index contributed by atoms with van der Waals surface area (Å²) in [5.41, 5.74) is 2.45. The van der Waals surface area contributed by atoms with Crippen LogP contribution >= 0.6 is 11.8 Å². The lowest BCUT2D eigenvalue weighted by molar-refractivity contribution is -0.137. The molecule has 3 rings (SSSR count). The van der Waals surface area contributed by atoms with Crippen molar-refractivity contribution in [1.29, 1.82) is 0 Å². The monoisotopic (exact) mass is 313 g/mol. The molecule has 0 aromatic heterocycles. The molecule has 1 aliphatic heterocycles. The summed E-state index contributed by atoms with van der Waals surface area (Å²) in [7, 11) is 1.36. The first kappa shape index (κ1) is 14.7. The summed E-state index contributed by atoms with van der Waals surface area (Å²) >= 11 is 1.36. The van der Waals surface area contributed by atoms with Gasteiger partial charge in [-0.05, 0) is 11.6 Å². The van der Waals surface area contributed by atoms with Gasteiger partial charge in [0.2, 0.25) is 0 Å². The molecule has 112 valence electrons. The van der Waals surface area contributed by atoms with E-state index in [2.05, 4.69) is 5.32 Å². The molecule has 4 nitrogen and oxygen atoms in total. The fourth-order valence-corrected chi connectivity index (χ4v) is 3.86. The van der Waals surface area contributed by atoms with Crippen LogP contribution in [0.5, 0.6) is 0 Å². The predicted molar refractivity (Wildman–Crippen MR) is 85.6 cm³/mol. The molecule has 0 saturated carbocycles. The van der Waals surface area contributed by atoms with Crippen LogP contribution < -0.4 is 5.32 Å². The Labute approximate surface area is 132 Å². The van der Waals surface area contributed by atoms with Gasteiger partial charge in [-0.3, -0.25) is 9.59 Å². The van der Waals surface area contributed by atoms with Gasteiger partial charge in [-0.25, -0.2) is 0 Å². The molecule has 22 heavy (non-hydrogen) atoms. The van der Waals surface area contributed by atoms with E-state index < -0.39 is 4.87 Å². The van der Waals surface area contributed by atoms with E-state index in [1.807, 2.05) is 48.5 Å². The maximum Gasteiger partial charge on any atom is 0.315 e. The Bertz CT molecular complexity index is 717. The van der Waals surface area contributed by atoms with Crippen LogP contribution in [0.4, 0.5) is 0 Å². The number of methoxy groups -OCH3 is 1. The molecule has 5 heteroatoms. The van der Waals surface area contributed by atoms with Gasteiger partial charge in [0.15, 0.2) is 0 Å². The second kappa shape index (κ2) is 5.85. The van der Waals surface area contributed by atoms with Gasteiger partial charge in [-0.2, -0.15) is 0 Å². The highest BCUT2D eigenvalue weighted by molar-refractivity contribution is 8.01. The first-order valence-corrected chi connectivity index (χ1v) is 7.84. The van der Waals surface area contributed by atoms with Crippen LogP contribution in [-0.4, -0.2) is 24.7 Å². The van der Waals surface area contributed by atoms with Gasteiger partial charge in [-0.1, -0.05) is 48.5 Å². The molecule has 0 radical (unpaired) electrons. The Balaban J connectivity index is 2.09. The summed E-state index contributed by atoms with van der Waals surface area (Å²) in [6, 6.07) is 17.1. The molecule has 2 aromatic rings. The Kier molecular flexibility index (Phi) is 3.90. The van der Waals surface area contributed by atoms with E-state index in [9.17, 15) is 9.59 Å². The minimum absolute atomic E-state index is 0.128. The van der Waals surface area contributed by atoms with Crippen molar-refractivity contribution in [1.82, 2.24) is 5.32 Å². The Morgan fingerprint density at radius 1 is 1.14 bits per heavy atom. The predicted octanol–water partition coefficient (Wildman–Crippen LogP) is 2.54. The van der Waals surface area contributed by atoms with Gasteiger partial charge >= 0.3 is 5.97 Å². The molecule has 0 saturated heterocycles. The van der Waals surface area contributed by atoms with Crippen molar-refractivity contribution < 1.29 is 14.3 Å². The van der Waals surface area contributed by atoms with Crippen molar-refractivity contribution >= 4 is 23.6 Å². The standard InChI is InChI=1S/C17H15NO3S/c1-21-15(19)11-22-17(12-7-3-2-4-8-12)14-10-6-5-9-13(14)16(20)18-17/h2-10H,11H2,1H3,(H,18,20)/t17-/m0/s1. The van der Waals surface area contributed by atoms with Crippen molar-refractivity contribution in [2.45, 2.75) is 4.87 Å². The number of rotatable bonds is 4. The number of hydrogen-bond acceptors (Lipinski definition) is 4. The maximum absolute atomic E-state index is 12.3. The van der Waals surface area contributed by atoms with Crippen LogP contribution in [0.2, 0.25) is 0 Å². The zero-order chi connectivity index (χ0) is 15.6. The van der Waals surface area contributed by atoms with E-state index >= 15 is 0 Å². The van der Waals surface area contributed by atoms with Crippen LogP contribution in [0.1, 0.15) is 21.5 Å². The fraction of sp³-hybridized carbons (Fsp3) is 0.176. The van der Waals surface area contributed by atoms with Crippen LogP contribution in [0.25, 0.3) is 0 Å². The van der Waals surface area contributed by atoms with Gasteiger partial charge in [0.25, 0.3) is 5.91 Å². The van der Waals surface area contributed by atoms with Crippen LogP contribution in [-0.2, 0) is 14.4 Å². The Morgan fingerprint density at radius 2 is 1.82 bits per heavy atom. The number of carbonyl (C=O) groups excluding carboxylic acids is 2. The van der Waals surface area contributed by atoms with E-state index in [0.717, 1.165) is 11.1 Å². The summed E-state index contributed by atoms with van der Waals surface area (Å²) in [4.78, 5) is 23.1. The third-order valence-corrected chi connectivity index (χ3v) is 5.03. The Hall–Kier alpha value is -2.27. The summed E-state index contributed by atoms with van der Waals surface area (Å²) < 4.78 is 4.73. The average molecular weight is 313 g/mol. The molecule has 1 atom stereocenters. The maximum atomic E-state index is 12.3. The Morgan fingerprint density at radius 3 is 2.55 bits per heavy atom. The lowest BCUT2D eigenvalue weighted by atomic mass is 9.98. The largest absolute Gasteiger partial charge is 0.468 e. The summed E-state index contributed by atoms with van der Waals surface area (Å²) in [6.07, 6.45) is 0. The number of amides is 1.